The Morgan fingerprint density at radius 3 is 2.52 bits per heavy atom. The van der Waals surface area contributed by atoms with Crippen molar-refractivity contribution in [2.24, 2.45) is 0 Å². The molecule has 146 valence electrons. The van der Waals surface area contributed by atoms with Gasteiger partial charge in [-0.3, -0.25) is 0 Å². The van der Waals surface area contributed by atoms with E-state index in [2.05, 4.69) is 0 Å². The first kappa shape index (κ1) is 20.1. The summed E-state index contributed by atoms with van der Waals surface area (Å²) >= 11 is 6.37. The normalized spacial score (nSPS) is 18.2. The van der Waals surface area contributed by atoms with Crippen LogP contribution in [0.25, 0.3) is 11.1 Å². The lowest BCUT2D eigenvalue weighted by atomic mass is 10.1. The van der Waals surface area contributed by atoms with Crippen LogP contribution in [0.3, 0.4) is 0 Å². The van der Waals surface area contributed by atoms with Gasteiger partial charge < -0.3 is 9.47 Å². The van der Waals surface area contributed by atoms with Crippen molar-refractivity contribution in [2.45, 2.75) is 37.4 Å². The Kier molecular flexibility index (Phi) is 6.11. The van der Waals surface area contributed by atoms with E-state index in [0.29, 0.717) is 19.5 Å². The van der Waals surface area contributed by atoms with Crippen LogP contribution in [0, 0.1) is 0 Å². The lowest BCUT2D eigenvalue weighted by Crippen LogP contribution is -2.30. The van der Waals surface area contributed by atoms with Gasteiger partial charge in [-0.1, -0.05) is 29.8 Å². The van der Waals surface area contributed by atoms with Gasteiger partial charge in [-0.25, -0.2) is 8.42 Å². The molecule has 0 radical (unpaired) electrons. The number of methoxy groups -OCH3 is 1. The maximum Gasteiger partial charge on any atom is 0.244 e. The van der Waals surface area contributed by atoms with Gasteiger partial charge in [0.15, 0.2) is 0 Å². The molecule has 1 heterocycles. The minimum atomic E-state index is -3.64. The molecule has 0 aliphatic carbocycles. The molecule has 2 aromatic carbocycles. The molecule has 0 amide bonds. The highest BCUT2D eigenvalue weighted by Gasteiger charge is 2.33. The second kappa shape index (κ2) is 8.19. The Balaban J connectivity index is 1.88. The van der Waals surface area contributed by atoms with E-state index in [-0.39, 0.29) is 22.1 Å². The Morgan fingerprint density at radius 1 is 1.15 bits per heavy atom. The molecule has 0 saturated carbocycles. The standard InChI is InChI=1S/C20H24ClNO4S/c1-14(2)26-17-6-4-5-15(11-17)16-7-8-20(19(21)12-16)27(23,24)22-10-9-18(13-22)25-3/h4-8,11-12,14,18H,9-10,13H2,1-3H3. The van der Waals surface area contributed by atoms with Gasteiger partial charge in [-0.15, -0.1) is 0 Å². The molecule has 1 atom stereocenters. The van der Waals surface area contributed by atoms with Crippen LogP contribution in [0.5, 0.6) is 5.75 Å². The molecule has 5 nitrogen and oxygen atoms in total. The van der Waals surface area contributed by atoms with Gasteiger partial charge in [-0.05, 0) is 55.7 Å². The van der Waals surface area contributed by atoms with Crippen molar-refractivity contribution in [3.8, 4) is 16.9 Å². The summed E-state index contributed by atoms with van der Waals surface area (Å²) < 4.78 is 38.2. The van der Waals surface area contributed by atoms with Gasteiger partial charge in [0.25, 0.3) is 0 Å². The van der Waals surface area contributed by atoms with E-state index in [1.165, 1.54) is 4.31 Å². The van der Waals surface area contributed by atoms with E-state index >= 15 is 0 Å². The zero-order chi connectivity index (χ0) is 19.6. The fourth-order valence-corrected chi connectivity index (χ4v) is 5.16. The predicted octanol–water partition coefficient (Wildman–Crippen LogP) is 4.20. The number of sulfonamides is 1. The first-order valence-corrected chi connectivity index (χ1v) is 10.7. The Hall–Kier alpha value is -1.60. The monoisotopic (exact) mass is 409 g/mol. The number of benzene rings is 2. The minimum Gasteiger partial charge on any atom is -0.491 e. The average molecular weight is 410 g/mol. The predicted molar refractivity (Wildman–Crippen MR) is 107 cm³/mol. The third-order valence-corrected chi connectivity index (χ3v) is 6.88. The highest BCUT2D eigenvalue weighted by atomic mass is 35.5. The Morgan fingerprint density at radius 2 is 1.89 bits per heavy atom. The average Bonchev–Trinajstić information content (AvgIpc) is 3.11. The molecule has 0 spiro atoms. The molecule has 0 aromatic heterocycles. The number of ether oxygens (including phenoxy) is 2. The lowest BCUT2D eigenvalue weighted by Gasteiger charge is -2.18. The lowest BCUT2D eigenvalue weighted by molar-refractivity contribution is 0.115. The number of nitrogens with zero attached hydrogens (tertiary/aromatic N) is 1. The number of halogens is 1. The van der Waals surface area contributed by atoms with E-state index in [0.717, 1.165) is 16.9 Å². The van der Waals surface area contributed by atoms with E-state index in [9.17, 15) is 8.42 Å². The molecule has 0 bridgehead atoms. The van der Waals surface area contributed by atoms with Crippen LogP contribution in [-0.2, 0) is 14.8 Å². The van der Waals surface area contributed by atoms with Gasteiger partial charge in [0.05, 0.1) is 17.2 Å². The van der Waals surface area contributed by atoms with Crippen molar-refractivity contribution < 1.29 is 17.9 Å². The van der Waals surface area contributed by atoms with Crippen molar-refractivity contribution in [1.29, 1.82) is 0 Å². The molecular formula is C20H24ClNO4S. The van der Waals surface area contributed by atoms with Crippen LogP contribution in [0.2, 0.25) is 5.02 Å². The third kappa shape index (κ3) is 4.46. The molecular weight excluding hydrogens is 386 g/mol. The summed E-state index contributed by atoms with van der Waals surface area (Å²) in [6.07, 6.45) is 0.697. The highest BCUT2D eigenvalue weighted by Crippen LogP contribution is 2.32. The largest absolute Gasteiger partial charge is 0.491 e. The van der Waals surface area contributed by atoms with Crippen molar-refractivity contribution in [3.63, 3.8) is 0 Å². The first-order chi connectivity index (χ1) is 12.8. The Labute approximate surface area is 165 Å². The molecule has 1 aliphatic rings. The van der Waals surface area contributed by atoms with Crippen LogP contribution in [0.1, 0.15) is 20.3 Å². The molecule has 1 aliphatic heterocycles. The maximum absolute atomic E-state index is 12.9. The molecule has 0 N–H and O–H groups in total. The second-order valence-corrected chi connectivity index (χ2v) is 9.16. The van der Waals surface area contributed by atoms with Crippen molar-refractivity contribution in [2.75, 3.05) is 20.2 Å². The van der Waals surface area contributed by atoms with Gasteiger partial charge in [0, 0.05) is 20.2 Å². The fraction of sp³-hybridized carbons (Fsp3) is 0.400. The minimum absolute atomic E-state index is 0.0680. The SMILES string of the molecule is COC1CCN(S(=O)(=O)c2ccc(-c3cccc(OC(C)C)c3)cc2Cl)C1. The highest BCUT2D eigenvalue weighted by molar-refractivity contribution is 7.89. The Bertz CT molecular complexity index is 914. The summed E-state index contributed by atoms with van der Waals surface area (Å²) in [5.41, 5.74) is 1.75. The topological polar surface area (TPSA) is 55.8 Å². The summed E-state index contributed by atoms with van der Waals surface area (Å²) in [6.45, 7) is 4.73. The summed E-state index contributed by atoms with van der Waals surface area (Å²) in [4.78, 5) is 0.124. The van der Waals surface area contributed by atoms with E-state index in [4.69, 9.17) is 21.1 Å². The zero-order valence-corrected chi connectivity index (χ0v) is 17.3. The molecule has 1 unspecified atom stereocenters. The molecule has 2 aromatic rings. The first-order valence-electron chi connectivity index (χ1n) is 8.91. The summed E-state index contributed by atoms with van der Waals surface area (Å²) in [6, 6.07) is 12.7. The molecule has 1 saturated heterocycles. The smallest absolute Gasteiger partial charge is 0.244 e. The van der Waals surface area contributed by atoms with E-state index < -0.39 is 10.0 Å². The number of rotatable bonds is 6. The third-order valence-electron chi connectivity index (χ3n) is 4.53. The van der Waals surface area contributed by atoms with Crippen molar-refractivity contribution in [3.05, 3.63) is 47.5 Å². The number of hydrogen-bond acceptors (Lipinski definition) is 4. The van der Waals surface area contributed by atoms with Crippen LogP contribution >= 0.6 is 11.6 Å². The molecule has 27 heavy (non-hydrogen) atoms. The van der Waals surface area contributed by atoms with Crippen LogP contribution in [0.15, 0.2) is 47.4 Å². The molecule has 3 rings (SSSR count). The van der Waals surface area contributed by atoms with Crippen LogP contribution in [-0.4, -0.2) is 45.1 Å². The van der Waals surface area contributed by atoms with Crippen molar-refractivity contribution >= 4 is 21.6 Å². The fourth-order valence-electron chi connectivity index (χ4n) is 3.16. The van der Waals surface area contributed by atoms with Crippen LogP contribution < -0.4 is 4.74 Å². The van der Waals surface area contributed by atoms with E-state index in [1.54, 1.807) is 25.3 Å². The maximum atomic E-state index is 12.9. The van der Waals surface area contributed by atoms with Gasteiger partial charge in [-0.2, -0.15) is 4.31 Å². The summed E-state index contributed by atoms with van der Waals surface area (Å²) in [5.74, 6) is 0.762. The molecule has 7 heteroatoms. The zero-order valence-electron chi connectivity index (χ0n) is 15.7. The summed E-state index contributed by atoms with van der Waals surface area (Å²) in [5, 5.41) is 0.212. The number of hydrogen-bond donors (Lipinski definition) is 0. The van der Waals surface area contributed by atoms with Gasteiger partial charge in [0.1, 0.15) is 10.6 Å². The van der Waals surface area contributed by atoms with Crippen molar-refractivity contribution in [1.82, 2.24) is 4.31 Å². The summed E-state index contributed by atoms with van der Waals surface area (Å²) in [7, 11) is -2.04. The quantitative estimate of drug-likeness (QED) is 0.717. The second-order valence-electron chi connectivity index (χ2n) is 6.85. The van der Waals surface area contributed by atoms with Crippen LogP contribution in [0.4, 0.5) is 0 Å². The van der Waals surface area contributed by atoms with E-state index in [1.807, 2.05) is 38.1 Å². The van der Waals surface area contributed by atoms with Gasteiger partial charge in [0.2, 0.25) is 10.0 Å². The molecule has 1 fully saturated rings. The van der Waals surface area contributed by atoms with Gasteiger partial charge >= 0.3 is 0 Å².